The van der Waals surface area contributed by atoms with E-state index in [1.165, 1.54) is 6.42 Å². The number of rotatable bonds is 2. The van der Waals surface area contributed by atoms with Crippen LogP contribution in [0.2, 0.25) is 0 Å². The molecule has 1 aromatic rings. The maximum absolute atomic E-state index is 5.69. The average Bonchev–Trinajstić information content (AvgIpc) is 2.70. The van der Waals surface area contributed by atoms with Crippen molar-refractivity contribution in [2.75, 3.05) is 18.0 Å². The predicted molar refractivity (Wildman–Crippen MR) is 61.2 cm³/mol. The van der Waals surface area contributed by atoms with Crippen molar-refractivity contribution in [3.8, 4) is 0 Å². The minimum atomic E-state index is 0.420. The Kier molecular flexibility index (Phi) is 3.19. The highest BCUT2D eigenvalue weighted by molar-refractivity contribution is 6.16. The molecule has 2 heterocycles. The first-order valence-electron chi connectivity index (χ1n) is 5.46. The normalized spacial score (nSPS) is 27.0. The zero-order chi connectivity index (χ0) is 10.8. The molecule has 0 radical (unpaired) electrons. The van der Waals surface area contributed by atoms with Crippen molar-refractivity contribution in [3.63, 3.8) is 0 Å². The number of alkyl halides is 1. The maximum atomic E-state index is 5.69. The summed E-state index contributed by atoms with van der Waals surface area (Å²) in [5.74, 6) is 1.91. The molecular formula is C11H17ClN2O. The first-order valence-corrected chi connectivity index (χ1v) is 5.99. The lowest BCUT2D eigenvalue weighted by Crippen LogP contribution is -2.38. The number of anilines is 1. The van der Waals surface area contributed by atoms with Gasteiger partial charge in [0.2, 0.25) is 0 Å². The van der Waals surface area contributed by atoms with E-state index in [1.54, 1.807) is 6.26 Å². The van der Waals surface area contributed by atoms with Gasteiger partial charge in [0.15, 0.2) is 0 Å². The van der Waals surface area contributed by atoms with E-state index < -0.39 is 0 Å². The highest BCUT2D eigenvalue weighted by Gasteiger charge is 2.25. The van der Waals surface area contributed by atoms with Crippen molar-refractivity contribution >= 4 is 17.6 Å². The first-order chi connectivity index (χ1) is 7.20. The van der Waals surface area contributed by atoms with Crippen LogP contribution in [-0.2, 0) is 5.88 Å². The van der Waals surface area contributed by atoms with Crippen LogP contribution in [0.15, 0.2) is 10.7 Å². The molecule has 4 heteroatoms. The highest BCUT2D eigenvalue weighted by Crippen LogP contribution is 2.26. The first kappa shape index (κ1) is 10.8. The number of hydrogen-bond donors (Lipinski definition) is 0. The van der Waals surface area contributed by atoms with E-state index in [2.05, 4.69) is 23.7 Å². The fraction of sp³-hybridized carbons (Fsp3) is 0.727. The smallest absolute Gasteiger partial charge is 0.297 e. The van der Waals surface area contributed by atoms with Gasteiger partial charge in [0.1, 0.15) is 6.26 Å². The molecule has 15 heavy (non-hydrogen) atoms. The topological polar surface area (TPSA) is 29.3 Å². The third-order valence-corrected chi connectivity index (χ3v) is 3.56. The summed E-state index contributed by atoms with van der Waals surface area (Å²) in [5.41, 5.74) is 0.818. The zero-order valence-corrected chi connectivity index (χ0v) is 10.00. The van der Waals surface area contributed by atoms with Gasteiger partial charge in [-0.1, -0.05) is 13.8 Å². The van der Waals surface area contributed by atoms with Gasteiger partial charge in [-0.05, 0) is 18.3 Å². The number of halogens is 1. The summed E-state index contributed by atoms with van der Waals surface area (Å²) < 4.78 is 5.41. The van der Waals surface area contributed by atoms with Crippen LogP contribution in [0, 0.1) is 11.8 Å². The van der Waals surface area contributed by atoms with Crippen LogP contribution in [0.1, 0.15) is 26.0 Å². The van der Waals surface area contributed by atoms with Crippen molar-refractivity contribution in [1.29, 1.82) is 0 Å². The second-order valence-corrected chi connectivity index (χ2v) is 4.71. The van der Waals surface area contributed by atoms with Gasteiger partial charge in [-0.3, -0.25) is 0 Å². The second-order valence-electron chi connectivity index (χ2n) is 4.44. The average molecular weight is 229 g/mol. The Bertz CT molecular complexity index is 326. The molecule has 1 aliphatic rings. The number of aromatic nitrogens is 1. The Labute approximate surface area is 95.4 Å². The van der Waals surface area contributed by atoms with Gasteiger partial charge < -0.3 is 9.32 Å². The van der Waals surface area contributed by atoms with Crippen LogP contribution in [0.25, 0.3) is 0 Å². The van der Waals surface area contributed by atoms with Crippen LogP contribution >= 0.6 is 11.6 Å². The number of hydrogen-bond acceptors (Lipinski definition) is 3. The van der Waals surface area contributed by atoms with E-state index in [4.69, 9.17) is 16.0 Å². The van der Waals surface area contributed by atoms with E-state index in [1.807, 2.05) is 0 Å². The lowest BCUT2D eigenvalue weighted by molar-refractivity contribution is 0.313. The molecule has 0 spiro atoms. The zero-order valence-electron chi connectivity index (χ0n) is 9.24. The minimum Gasteiger partial charge on any atom is -0.432 e. The second kappa shape index (κ2) is 4.44. The number of piperidine rings is 1. The van der Waals surface area contributed by atoms with Gasteiger partial charge in [-0.2, -0.15) is 4.98 Å². The molecule has 2 rings (SSSR count). The van der Waals surface area contributed by atoms with Crippen molar-refractivity contribution in [3.05, 3.63) is 12.0 Å². The summed E-state index contributed by atoms with van der Waals surface area (Å²) in [6, 6.07) is 0.726. The Balaban J connectivity index is 2.05. The molecule has 3 nitrogen and oxygen atoms in total. The largest absolute Gasteiger partial charge is 0.432 e. The molecule has 84 valence electrons. The molecule has 0 N–H and O–H groups in total. The Morgan fingerprint density at radius 3 is 2.93 bits per heavy atom. The SMILES string of the molecule is CC1CCN(c2nc(CCl)co2)CC1C. The van der Waals surface area contributed by atoms with Crippen LogP contribution in [0.3, 0.4) is 0 Å². The van der Waals surface area contributed by atoms with Crippen LogP contribution < -0.4 is 4.90 Å². The summed E-state index contributed by atoms with van der Waals surface area (Å²) in [5, 5.41) is 0. The molecule has 1 aliphatic heterocycles. The summed E-state index contributed by atoms with van der Waals surface area (Å²) in [6.07, 6.45) is 2.85. The maximum Gasteiger partial charge on any atom is 0.297 e. The fourth-order valence-electron chi connectivity index (χ4n) is 1.94. The summed E-state index contributed by atoms with van der Waals surface area (Å²) in [6.45, 7) is 6.65. The monoisotopic (exact) mass is 228 g/mol. The Morgan fingerprint density at radius 2 is 2.33 bits per heavy atom. The van der Waals surface area contributed by atoms with E-state index in [-0.39, 0.29) is 0 Å². The third kappa shape index (κ3) is 2.28. The van der Waals surface area contributed by atoms with Crippen molar-refractivity contribution in [1.82, 2.24) is 4.98 Å². The summed E-state index contributed by atoms with van der Waals surface area (Å²) in [7, 11) is 0. The molecule has 0 bridgehead atoms. The molecule has 0 saturated carbocycles. The molecule has 0 aromatic carbocycles. The molecule has 2 atom stereocenters. The van der Waals surface area contributed by atoms with Gasteiger partial charge in [-0.25, -0.2) is 0 Å². The van der Waals surface area contributed by atoms with Gasteiger partial charge in [0, 0.05) is 13.1 Å². The van der Waals surface area contributed by atoms with Crippen LogP contribution in [0.5, 0.6) is 0 Å². The molecular weight excluding hydrogens is 212 g/mol. The predicted octanol–water partition coefficient (Wildman–Crippen LogP) is 2.90. The van der Waals surface area contributed by atoms with Gasteiger partial charge in [-0.15, -0.1) is 11.6 Å². The van der Waals surface area contributed by atoms with E-state index in [0.29, 0.717) is 11.8 Å². The highest BCUT2D eigenvalue weighted by atomic mass is 35.5. The molecule has 0 aliphatic carbocycles. The fourth-order valence-corrected chi connectivity index (χ4v) is 2.06. The quantitative estimate of drug-likeness (QED) is 0.729. The Hall–Kier alpha value is -0.700. The molecule has 1 saturated heterocycles. The van der Waals surface area contributed by atoms with Gasteiger partial charge in [0.25, 0.3) is 6.01 Å². The van der Waals surface area contributed by atoms with E-state index in [0.717, 1.165) is 30.7 Å². The summed E-state index contributed by atoms with van der Waals surface area (Å²) in [4.78, 5) is 6.55. The standard InChI is InChI=1S/C11H17ClN2O/c1-8-3-4-14(6-9(8)2)11-13-10(5-12)7-15-11/h7-9H,3-6H2,1-2H3. The van der Waals surface area contributed by atoms with Gasteiger partial charge in [0.05, 0.1) is 11.6 Å². The Morgan fingerprint density at radius 1 is 1.53 bits per heavy atom. The van der Waals surface area contributed by atoms with Crippen LogP contribution in [-0.4, -0.2) is 18.1 Å². The van der Waals surface area contributed by atoms with E-state index in [9.17, 15) is 0 Å². The number of oxazole rings is 1. The van der Waals surface area contributed by atoms with E-state index >= 15 is 0 Å². The minimum absolute atomic E-state index is 0.420. The molecule has 1 aromatic heterocycles. The lowest BCUT2D eigenvalue weighted by atomic mass is 9.89. The van der Waals surface area contributed by atoms with Crippen molar-refractivity contribution < 1.29 is 4.42 Å². The number of nitrogens with zero attached hydrogens (tertiary/aromatic N) is 2. The molecule has 1 fully saturated rings. The summed E-state index contributed by atoms with van der Waals surface area (Å²) >= 11 is 5.69. The van der Waals surface area contributed by atoms with Crippen molar-refractivity contribution in [2.24, 2.45) is 11.8 Å². The van der Waals surface area contributed by atoms with Crippen molar-refractivity contribution in [2.45, 2.75) is 26.1 Å². The molecule has 0 amide bonds. The van der Waals surface area contributed by atoms with Gasteiger partial charge >= 0.3 is 0 Å². The van der Waals surface area contributed by atoms with Crippen LogP contribution in [0.4, 0.5) is 6.01 Å². The third-order valence-electron chi connectivity index (χ3n) is 3.28. The lowest BCUT2D eigenvalue weighted by Gasteiger charge is -2.34. The molecule has 2 unspecified atom stereocenters.